The van der Waals surface area contributed by atoms with Crippen molar-refractivity contribution in [3.63, 3.8) is 0 Å². The summed E-state index contributed by atoms with van der Waals surface area (Å²) in [5, 5.41) is 5.57. The van der Waals surface area contributed by atoms with Gasteiger partial charge >= 0.3 is 0 Å². The first-order valence-electron chi connectivity index (χ1n) is 5.92. The highest BCUT2D eigenvalue weighted by Gasteiger charge is 2.09. The molecule has 0 atom stereocenters. The molecule has 1 heterocycles. The SMILES string of the molecule is Clc1cccc2ccc3[nH]c4ccccc4c3c12. The topological polar surface area (TPSA) is 15.8 Å². The van der Waals surface area contributed by atoms with Crippen molar-refractivity contribution >= 4 is 44.2 Å². The second-order valence-corrected chi connectivity index (χ2v) is 4.90. The molecular weight excluding hydrogens is 242 g/mol. The van der Waals surface area contributed by atoms with Crippen LogP contribution in [0.15, 0.2) is 54.6 Å². The maximum absolute atomic E-state index is 6.38. The molecule has 1 nitrogen and oxygen atoms in total. The Balaban J connectivity index is 2.40. The second kappa shape index (κ2) is 3.50. The Kier molecular flexibility index (Phi) is 1.94. The van der Waals surface area contributed by atoms with Crippen molar-refractivity contribution in [2.24, 2.45) is 0 Å². The summed E-state index contributed by atoms with van der Waals surface area (Å²) >= 11 is 6.38. The van der Waals surface area contributed by atoms with E-state index in [1.54, 1.807) is 0 Å². The molecular formula is C16H10ClN. The summed E-state index contributed by atoms with van der Waals surface area (Å²) in [5.74, 6) is 0. The van der Waals surface area contributed by atoms with Gasteiger partial charge in [0.25, 0.3) is 0 Å². The van der Waals surface area contributed by atoms with E-state index >= 15 is 0 Å². The lowest BCUT2D eigenvalue weighted by Gasteiger charge is -2.02. The minimum Gasteiger partial charge on any atom is -0.354 e. The summed E-state index contributed by atoms with van der Waals surface area (Å²) in [5.41, 5.74) is 2.29. The molecule has 0 unspecified atom stereocenters. The van der Waals surface area contributed by atoms with E-state index in [1.807, 2.05) is 18.2 Å². The van der Waals surface area contributed by atoms with Crippen LogP contribution >= 0.6 is 11.6 Å². The number of aromatic nitrogens is 1. The van der Waals surface area contributed by atoms with E-state index in [4.69, 9.17) is 11.6 Å². The number of rotatable bonds is 0. The maximum Gasteiger partial charge on any atom is 0.0491 e. The van der Waals surface area contributed by atoms with Crippen molar-refractivity contribution < 1.29 is 0 Å². The van der Waals surface area contributed by atoms with Gasteiger partial charge < -0.3 is 4.98 Å². The quantitative estimate of drug-likeness (QED) is 0.446. The molecule has 0 aliphatic carbocycles. The number of H-pyrrole nitrogens is 1. The average Bonchev–Trinajstić information content (AvgIpc) is 2.77. The van der Waals surface area contributed by atoms with Gasteiger partial charge in [-0.2, -0.15) is 0 Å². The van der Waals surface area contributed by atoms with Crippen molar-refractivity contribution in [2.45, 2.75) is 0 Å². The molecule has 0 saturated heterocycles. The van der Waals surface area contributed by atoms with Crippen molar-refractivity contribution in [2.75, 3.05) is 0 Å². The third kappa shape index (κ3) is 1.22. The zero-order valence-corrected chi connectivity index (χ0v) is 10.3. The fourth-order valence-corrected chi connectivity index (χ4v) is 2.95. The summed E-state index contributed by atoms with van der Waals surface area (Å²) in [6.45, 7) is 0. The fourth-order valence-electron chi connectivity index (χ4n) is 2.67. The molecule has 0 saturated carbocycles. The molecule has 86 valence electrons. The van der Waals surface area contributed by atoms with Crippen LogP contribution in [0, 0.1) is 0 Å². The lowest BCUT2D eigenvalue weighted by molar-refractivity contribution is 1.55. The second-order valence-electron chi connectivity index (χ2n) is 4.50. The summed E-state index contributed by atoms with van der Waals surface area (Å²) in [4.78, 5) is 3.44. The van der Waals surface area contributed by atoms with Crippen LogP contribution in [0.25, 0.3) is 32.6 Å². The molecule has 18 heavy (non-hydrogen) atoms. The summed E-state index contributed by atoms with van der Waals surface area (Å²) in [6.07, 6.45) is 0. The molecule has 4 aromatic rings. The van der Waals surface area contributed by atoms with Gasteiger partial charge in [-0.15, -0.1) is 0 Å². The lowest BCUT2D eigenvalue weighted by atomic mass is 10.0. The van der Waals surface area contributed by atoms with Crippen molar-refractivity contribution in [1.29, 1.82) is 0 Å². The van der Waals surface area contributed by atoms with Gasteiger partial charge in [-0.1, -0.05) is 48.0 Å². The third-order valence-corrected chi connectivity index (χ3v) is 3.78. The van der Waals surface area contributed by atoms with Crippen LogP contribution in [-0.4, -0.2) is 4.98 Å². The van der Waals surface area contributed by atoms with Crippen LogP contribution in [0.3, 0.4) is 0 Å². The van der Waals surface area contributed by atoms with Crippen LogP contribution in [0.2, 0.25) is 5.02 Å². The number of fused-ring (bicyclic) bond motifs is 5. The van der Waals surface area contributed by atoms with Gasteiger partial charge in [-0.3, -0.25) is 0 Å². The molecule has 1 N–H and O–H groups in total. The molecule has 3 aromatic carbocycles. The Morgan fingerprint density at radius 2 is 1.61 bits per heavy atom. The van der Waals surface area contributed by atoms with Crippen LogP contribution in [0.5, 0.6) is 0 Å². The predicted octanol–water partition coefficient (Wildman–Crippen LogP) is 5.13. The first-order valence-corrected chi connectivity index (χ1v) is 6.30. The minimum atomic E-state index is 0.808. The number of halogens is 1. The van der Waals surface area contributed by atoms with Gasteiger partial charge in [0.2, 0.25) is 0 Å². The molecule has 0 aliphatic heterocycles. The summed E-state index contributed by atoms with van der Waals surface area (Å²) in [7, 11) is 0. The van der Waals surface area contributed by atoms with E-state index in [1.165, 1.54) is 16.2 Å². The zero-order chi connectivity index (χ0) is 12.1. The largest absolute Gasteiger partial charge is 0.354 e. The molecule has 0 bridgehead atoms. The van der Waals surface area contributed by atoms with Crippen LogP contribution < -0.4 is 0 Å². The molecule has 0 amide bonds. The van der Waals surface area contributed by atoms with E-state index in [0.29, 0.717) is 0 Å². The highest BCUT2D eigenvalue weighted by atomic mass is 35.5. The molecule has 0 fully saturated rings. The van der Waals surface area contributed by atoms with Crippen LogP contribution in [0.4, 0.5) is 0 Å². The lowest BCUT2D eigenvalue weighted by Crippen LogP contribution is -1.76. The molecule has 4 rings (SSSR count). The van der Waals surface area contributed by atoms with Gasteiger partial charge in [0.05, 0.1) is 0 Å². The number of para-hydroxylation sites is 1. The standard InChI is InChI=1S/C16H10ClN/c17-12-6-3-4-10-8-9-14-16(15(10)12)11-5-1-2-7-13(11)18-14/h1-9,18H. The van der Waals surface area contributed by atoms with Crippen LogP contribution in [0.1, 0.15) is 0 Å². The molecule has 1 aromatic heterocycles. The maximum atomic E-state index is 6.38. The number of aromatic amines is 1. The van der Waals surface area contributed by atoms with Crippen molar-refractivity contribution in [3.05, 3.63) is 59.6 Å². The number of nitrogens with one attached hydrogen (secondary N) is 1. The normalized spacial score (nSPS) is 11.6. The van der Waals surface area contributed by atoms with Gasteiger partial charge in [0.15, 0.2) is 0 Å². The molecule has 2 heteroatoms. The Bertz CT molecular complexity index is 889. The van der Waals surface area contributed by atoms with E-state index in [-0.39, 0.29) is 0 Å². The Hall–Kier alpha value is -1.99. The molecule has 0 radical (unpaired) electrons. The van der Waals surface area contributed by atoms with E-state index in [9.17, 15) is 0 Å². The predicted molar refractivity (Wildman–Crippen MR) is 78.3 cm³/mol. The zero-order valence-electron chi connectivity index (χ0n) is 9.57. The van der Waals surface area contributed by atoms with E-state index < -0.39 is 0 Å². The van der Waals surface area contributed by atoms with E-state index in [0.717, 1.165) is 21.4 Å². The molecule has 0 spiro atoms. The average molecular weight is 252 g/mol. The highest BCUT2D eigenvalue weighted by molar-refractivity contribution is 6.39. The van der Waals surface area contributed by atoms with Crippen LogP contribution in [-0.2, 0) is 0 Å². The third-order valence-electron chi connectivity index (χ3n) is 3.46. The highest BCUT2D eigenvalue weighted by Crippen LogP contribution is 2.35. The summed E-state index contributed by atoms with van der Waals surface area (Å²) in [6, 6.07) is 18.6. The minimum absolute atomic E-state index is 0.808. The van der Waals surface area contributed by atoms with Gasteiger partial charge in [0, 0.05) is 32.2 Å². The van der Waals surface area contributed by atoms with Crippen molar-refractivity contribution in [3.8, 4) is 0 Å². The first-order chi connectivity index (χ1) is 8.84. The number of hydrogen-bond acceptors (Lipinski definition) is 0. The molecule has 0 aliphatic rings. The fraction of sp³-hybridized carbons (Fsp3) is 0. The Labute approximate surface area is 109 Å². The number of hydrogen-bond donors (Lipinski definition) is 1. The van der Waals surface area contributed by atoms with E-state index in [2.05, 4.69) is 41.4 Å². The van der Waals surface area contributed by atoms with Crippen molar-refractivity contribution in [1.82, 2.24) is 4.98 Å². The Morgan fingerprint density at radius 3 is 2.56 bits per heavy atom. The Morgan fingerprint density at radius 1 is 0.722 bits per heavy atom. The summed E-state index contributed by atoms with van der Waals surface area (Å²) < 4.78 is 0. The monoisotopic (exact) mass is 251 g/mol. The van der Waals surface area contributed by atoms with Gasteiger partial charge in [-0.05, 0) is 23.6 Å². The number of benzene rings is 3. The smallest absolute Gasteiger partial charge is 0.0491 e. The first kappa shape index (κ1) is 9.98. The van der Waals surface area contributed by atoms with Gasteiger partial charge in [0.1, 0.15) is 0 Å². The van der Waals surface area contributed by atoms with Gasteiger partial charge in [-0.25, -0.2) is 0 Å².